The number of ketones is 1. The highest BCUT2D eigenvalue weighted by Crippen LogP contribution is 2.19. The van der Waals surface area contributed by atoms with Gasteiger partial charge in [-0.2, -0.15) is 0 Å². The highest BCUT2D eigenvalue weighted by Gasteiger charge is 2.12. The Morgan fingerprint density at radius 2 is 1.90 bits per heavy atom. The van der Waals surface area contributed by atoms with Crippen LogP contribution in [-0.4, -0.2) is 11.1 Å². The summed E-state index contributed by atoms with van der Waals surface area (Å²) in [6.07, 6.45) is 5.02. The standard InChI is InChI=1S/C17H16BrNO/c18-11-5-4-6-13-9-10-16(19)15(12-13)17(20)14-7-2-1-3-8-14/h1-4,6-10,12H,5,11,19H2. The molecule has 2 rings (SSSR count). The van der Waals surface area contributed by atoms with Crippen LogP contribution in [0.4, 0.5) is 5.69 Å². The van der Waals surface area contributed by atoms with Gasteiger partial charge in [0.2, 0.25) is 0 Å². The zero-order chi connectivity index (χ0) is 14.4. The Morgan fingerprint density at radius 3 is 2.60 bits per heavy atom. The van der Waals surface area contributed by atoms with E-state index in [0.29, 0.717) is 16.8 Å². The number of benzene rings is 2. The summed E-state index contributed by atoms with van der Waals surface area (Å²) in [5, 5.41) is 0.925. The molecule has 0 unspecified atom stereocenters. The van der Waals surface area contributed by atoms with Crippen molar-refractivity contribution in [1.29, 1.82) is 0 Å². The van der Waals surface area contributed by atoms with E-state index in [1.165, 1.54) is 0 Å². The molecule has 0 atom stereocenters. The Labute approximate surface area is 127 Å². The Kier molecular flexibility index (Phi) is 5.13. The molecule has 0 aliphatic carbocycles. The lowest BCUT2D eigenvalue weighted by Gasteiger charge is -2.06. The van der Waals surface area contributed by atoms with Gasteiger partial charge in [-0.3, -0.25) is 4.79 Å². The zero-order valence-electron chi connectivity index (χ0n) is 11.1. The third kappa shape index (κ3) is 3.58. The molecule has 0 aliphatic rings. The van der Waals surface area contributed by atoms with Crippen LogP contribution < -0.4 is 5.73 Å². The third-order valence-corrected chi connectivity index (χ3v) is 3.40. The summed E-state index contributed by atoms with van der Waals surface area (Å²) in [6.45, 7) is 0. The summed E-state index contributed by atoms with van der Waals surface area (Å²) < 4.78 is 0. The highest BCUT2D eigenvalue weighted by molar-refractivity contribution is 9.09. The lowest BCUT2D eigenvalue weighted by Crippen LogP contribution is -2.05. The van der Waals surface area contributed by atoms with Gasteiger partial charge in [-0.15, -0.1) is 0 Å². The molecule has 0 radical (unpaired) electrons. The quantitative estimate of drug-likeness (QED) is 0.505. The Hall–Kier alpha value is -1.87. The van der Waals surface area contributed by atoms with E-state index in [1.54, 1.807) is 18.2 Å². The predicted molar refractivity (Wildman–Crippen MR) is 88.2 cm³/mol. The molecule has 20 heavy (non-hydrogen) atoms. The maximum atomic E-state index is 12.4. The second kappa shape index (κ2) is 7.06. The summed E-state index contributed by atoms with van der Waals surface area (Å²) in [5.74, 6) is -0.0427. The number of hydrogen-bond donors (Lipinski definition) is 1. The second-order valence-corrected chi connectivity index (χ2v) is 5.21. The van der Waals surface area contributed by atoms with E-state index in [-0.39, 0.29) is 5.78 Å². The van der Waals surface area contributed by atoms with E-state index in [1.807, 2.05) is 36.4 Å². The van der Waals surface area contributed by atoms with Crippen LogP contribution >= 0.6 is 15.9 Å². The van der Waals surface area contributed by atoms with Gasteiger partial charge in [0.25, 0.3) is 0 Å². The van der Waals surface area contributed by atoms with Crippen molar-refractivity contribution < 1.29 is 4.79 Å². The molecule has 0 amide bonds. The molecule has 2 nitrogen and oxygen atoms in total. The monoisotopic (exact) mass is 329 g/mol. The van der Waals surface area contributed by atoms with Crippen LogP contribution in [0.15, 0.2) is 54.6 Å². The Bertz CT molecular complexity index is 620. The fourth-order valence-electron chi connectivity index (χ4n) is 1.90. The lowest BCUT2D eigenvalue weighted by atomic mass is 9.99. The number of anilines is 1. The van der Waals surface area contributed by atoms with E-state index in [0.717, 1.165) is 17.3 Å². The van der Waals surface area contributed by atoms with Crippen molar-refractivity contribution in [3.05, 3.63) is 71.3 Å². The number of rotatable bonds is 5. The number of halogens is 1. The van der Waals surface area contributed by atoms with Crippen molar-refractivity contribution >= 4 is 33.5 Å². The molecular weight excluding hydrogens is 314 g/mol. The summed E-state index contributed by atoms with van der Waals surface area (Å²) in [5.41, 5.74) is 8.63. The lowest BCUT2D eigenvalue weighted by molar-refractivity contribution is 0.103. The minimum absolute atomic E-state index is 0.0427. The van der Waals surface area contributed by atoms with Crippen LogP contribution in [-0.2, 0) is 0 Å². The molecule has 0 spiro atoms. The number of nitrogen functional groups attached to an aromatic ring is 1. The van der Waals surface area contributed by atoms with Crippen LogP contribution in [0, 0.1) is 0 Å². The Balaban J connectivity index is 2.31. The first-order valence-electron chi connectivity index (χ1n) is 6.44. The third-order valence-electron chi connectivity index (χ3n) is 2.94. The molecule has 0 saturated heterocycles. The van der Waals surface area contributed by atoms with E-state index in [9.17, 15) is 4.79 Å². The summed E-state index contributed by atoms with van der Waals surface area (Å²) >= 11 is 3.38. The van der Waals surface area contributed by atoms with Gasteiger partial charge in [0, 0.05) is 22.1 Å². The topological polar surface area (TPSA) is 43.1 Å². The maximum absolute atomic E-state index is 12.4. The van der Waals surface area contributed by atoms with Crippen LogP contribution in [0.25, 0.3) is 6.08 Å². The van der Waals surface area contributed by atoms with Crippen LogP contribution in [0.5, 0.6) is 0 Å². The number of alkyl halides is 1. The molecule has 0 aromatic heterocycles. The Morgan fingerprint density at radius 1 is 1.15 bits per heavy atom. The average molecular weight is 330 g/mol. The summed E-state index contributed by atoms with van der Waals surface area (Å²) in [4.78, 5) is 12.4. The smallest absolute Gasteiger partial charge is 0.195 e. The summed E-state index contributed by atoms with van der Waals surface area (Å²) in [7, 11) is 0. The molecule has 0 fully saturated rings. The van der Waals surface area contributed by atoms with Gasteiger partial charge >= 0.3 is 0 Å². The normalized spacial score (nSPS) is 10.8. The van der Waals surface area contributed by atoms with Crippen LogP contribution in [0.3, 0.4) is 0 Å². The molecule has 102 valence electrons. The van der Waals surface area contributed by atoms with Crippen molar-refractivity contribution in [1.82, 2.24) is 0 Å². The first-order chi connectivity index (χ1) is 9.72. The van der Waals surface area contributed by atoms with E-state index in [4.69, 9.17) is 5.73 Å². The van der Waals surface area contributed by atoms with Gasteiger partial charge in [-0.1, -0.05) is 64.5 Å². The van der Waals surface area contributed by atoms with Crippen molar-refractivity contribution in [3.63, 3.8) is 0 Å². The number of carbonyl (C=O) groups excluding carboxylic acids is 1. The number of carbonyl (C=O) groups is 1. The second-order valence-electron chi connectivity index (χ2n) is 4.42. The van der Waals surface area contributed by atoms with E-state index >= 15 is 0 Å². The molecule has 0 bridgehead atoms. The molecule has 0 saturated carbocycles. The van der Waals surface area contributed by atoms with Crippen molar-refractivity contribution in [2.24, 2.45) is 0 Å². The van der Waals surface area contributed by atoms with Crippen molar-refractivity contribution in [2.45, 2.75) is 6.42 Å². The molecule has 0 heterocycles. The predicted octanol–water partition coefficient (Wildman–Crippen LogP) is 4.30. The van der Waals surface area contributed by atoms with Gasteiger partial charge in [-0.05, 0) is 24.1 Å². The maximum Gasteiger partial charge on any atom is 0.195 e. The van der Waals surface area contributed by atoms with Crippen LogP contribution in [0.2, 0.25) is 0 Å². The minimum atomic E-state index is -0.0427. The van der Waals surface area contributed by atoms with Crippen molar-refractivity contribution in [2.75, 3.05) is 11.1 Å². The van der Waals surface area contributed by atoms with Crippen LogP contribution in [0.1, 0.15) is 27.9 Å². The summed E-state index contributed by atoms with van der Waals surface area (Å²) in [6, 6.07) is 14.7. The van der Waals surface area contributed by atoms with Gasteiger partial charge in [-0.25, -0.2) is 0 Å². The zero-order valence-corrected chi connectivity index (χ0v) is 12.6. The van der Waals surface area contributed by atoms with Gasteiger partial charge in [0.05, 0.1) is 0 Å². The highest BCUT2D eigenvalue weighted by atomic mass is 79.9. The van der Waals surface area contributed by atoms with Gasteiger partial charge in [0.15, 0.2) is 5.78 Å². The largest absolute Gasteiger partial charge is 0.398 e. The van der Waals surface area contributed by atoms with E-state index < -0.39 is 0 Å². The SMILES string of the molecule is Nc1ccc(C=CCCBr)cc1C(=O)c1ccccc1. The first kappa shape index (κ1) is 14.5. The van der Waals surface area contributed by atoms with Gasteiger partial charge < -0.3 is 5.73 Å². The minimum Gasteiger partial charge on any atom is -0.398 e. The fourth-order valence-corrected chi connectivity index (χ4v) is 2.17. The first-order valence-corrected chi connectivity index (χ1v) is 7.56. The van der Waals surface area contributed by atoms with E-state index in [2.05, 4.69) is 22.0 Å². The van der Waals surface area contributed by atoms with Gasteiger partial charge in [0.1, 0.15) is 0 Å². The number of allylic oxidation sites excluding steroid dienone is 1. The van der Waals surface area contributed by atoms with Crippen molar-refractivity contribution in [3.8, 4) is 0 Å². The number of hydrogen-bond acceptors (Lipinski definition) is 2. The fraction of sp³-hybridized carbons (Fsp3) is 0.118. The molecular formula is C17H16BrNO. The molecule has 3 heteroatoms. The molecule has 0 aliphatic heterocycles. The number of nitrogens with two attached hydrogens (primary N) is 1. The molecule has 2 aromatic rings. The average Bonchev–Trinajstić information content (AvgIpc) is 2.49. The molecule has 2 aromatic carbocycles. The molecule has 2 N–H and O–H groups in total.